The van der Waals surface area contributed by atoms with Crippen LogP contribution in [0.15, 0.2) is 0 Å². The van der Waals surface area contributed by atoms with Crippen molar-refractivity contribution in [1.82, 2.24) is 16.0 Å². The Balaban J connectivity index is 0.00000324. The molecule has 112 valence electrons. The molecule has 1 atom stereocenters. The van der Waals surface area contributed by atoms with Crippen molar-refractivity contribution in [2.45, 2.75) is 26.3 Å². The Morgan fingerprint density at radius 3 is 2.58 bits per heavy atom. The molecule has 0 aromatic rings. The molecule has 1 rings (SSSR count). The predicted molar refractivity (Wildman–Crippen MR) is 81.8 cm³/mol. The average molecular weight is 310 g/mol. The molecule has 7 heteroatoms. The van der Waals surface area contributed by atoms with Gasteiger partial charge in [-0.05, 0) is 0 Å². The van der Waals surface area contributed by atoms with Gasteiger partial charge in [-0.25, -0.2) is 0 Å². The van der Waals surface area contributed by atoms with Gasteiger partial charge >= 0.3 is 0 Å². The summed E-state index contributed by atoms with van der Waals surface area (Å²) in [6.45, 7) is 5.67. The van der Waals surface area contributed by atoms with Crippen molar-refractivity contribution in [3.63, 3.8) is 0 Å². The fourth-order valence-electron chi connectivity index (χ4n) is 1.64. The Bertz CT molecular complexity index is 284. The zero-order valence-electron chi connectivity index (χ0n) is 11.5. The molecule has 0 saturated carbocycles. The molecule has 0 aromatic carbocycles. The monoisotopic (exact) mass is 309 g/mol. The normalized spacial score (nSPS) is 18.6. The molecule has 0 aliphatic carbocycles. The lowest BCUT2D eigenvalue weighted by Gasteiger charge is -2.22. The van der Waals surface area contributed by atoms with E-state index in [1.165, 1.54) is 0 Å². The largest absolute Gasteiger partial charge is 0.354 e. The summed E-state index contributed by atoms with van der Waals surface area (Å²) in [6, 6.07) is 0.286. The molecule has 2 amide bonds. The van der Waals surface area contributed by atoms with Gasteiger partial charge in [0.1, 0.15) is 0 Å². The molecular weight excluding hydrogens is 286 g/mol. The zero-order chi connectivity index (χ0) is 13.4. The summed E-state index contributed by atoms with van der Waals surface area (Å²) in [4.78, 5) is 22.9. The minimum Gasteiger partial charge on any atom is -0.354 e. The highest BCUT2D eigenvalue weighted by molar-refractivity contribution is 7.99. The van der Waals surface area contributed by atoms with E-state index < -0.39 is 0 Å². The Hall–Kier alpha value is -0.460. The summed E-state index contributed by atoms with van der Waals surface area (Å²) in [6.07, 6.45) is 0.519. The second-order valence-electron chi connectivity index (χ2n) is 4.73. The van der Waals surface area contributed by atoms with Crippen LogP contribution in [0.2, 0.25) is 0 Å². The van der Waals surface area contributed by atoms with Gasteiger partial charge in [-0.1, -0.05) is 13.8 Å². The summed E-state index contributed by atoms with van der Waals surface area (Å²) in [5.74, 6) is 2.18. The van der Waals surface area contributed by atoms with Gasteiger partial charge in [0.05, 0.1) is 0 Å². The van der Waals surface area contributed by atoms with Gasteiger partial charge in [0.25, 0.3) is 0 Å². The lowest BCUT2D eigenvalue weighted by atomic mass is 10.2. The number of thioether (sulfide) groups is 1. The van der Waals surface area contributed by atoms with E-state index in [0.717, 1.165) is 18.1 Å². The highest BCUT2D eigenvalue weighted by Crippen LogP contribution is 2.09. The summed E-state index contributed by atoms with van der Waals surface area (Å²) >= 11 is 1.88. The molecule has 1 saturated heterocycles. The number of hydrogen-bond donors (Lipinski definition) is 3. The number of halogens is 1. The number of carbonyl (C=O) groups is 2. The molecule has 0 radical (unpaired) electrons. The molecule has 5 nitrogen and oxygen atoms in total. The van der Waals surface area contributed by atoms with E-state index >= 15 is 0 Å². The van der Waals surface area contributed by atoms with Gasteiger partial charge in [-0.15, -0.1) is 12.4 Å². The number of carbonyl (C=O) groups excluding carboxylic acids is 2. The van der Waals surface area contributed by atoms with Crippen LogP contribution >= 0.6 is 24.2 Å². The maximum absolute atomic E-state index is 11.6. The van der Waals surface area contributed by atoms with Crippen LogP contribution in [-0.2, 0) is 9.59 Å². The van der Waals surface area contributed by atoms with E-state index in [2.05, 4.69) is 16.0 Å². The molecule has 1 aliphatic rings. The molecule has 1 aliphatic heterocycles. The predicted octanol–water partition coefficient (Wildman–Crippen LogP) is 0.392. The molecule has 19 heavy (non-hydrogen) atoms. The van der Waals surface area contributed by atoms with Gasteiger partial charge < -0.3 is 16.0 Å². The van der Waals surface area contributed by atoms with Crippen molar-refractivity contribution in [2.75, 3.05) is 31.1 Å². The van der Waals surface area contributed by atoms with Crippen molar-refractivity contribution in [2.24, 2.45) is 5.92 Å². The minimum atomic E-state index is -0.0100. The first kappa shape index (κ1) is 18.5. The van der Waals surface area contributed by atoms with Gasteiger partial charge in [0.2, 0.25) is 11.8 Å². The lowest BCUT2D eigenvalue weighted by Crippen LogP contribution is -2.42. The standard InChI is InChI=1S/C12H23N3O2S.ClH/c1-9(2)12(17)15-4-3-14-11(16)7-10-8-18-6-5-13-10;/h9-10,13H,3-8H2,1-2H3,(H,14,16)(H,15,17);1H. The van der Waals surface area contributed by atoms with Crippen LogP contribution in [-0.4, -0.2) is 49.0 Å². The first-order valence-corrected chi connectivity index (χ1v) is 7.60. The third-order valence-corrected chi connectivity index (χ3v) is 3.83. The van der Waals surface area contributed by atoms with Crippen molar-refractivity contribution >= 4 is 36.0 Å². The molecule has 0 bridgehead atoms. The Labute approximate surface area is 125 Å². The van der Waals surface area contributed by atoms with Crippen molar-refractivity contribution in [1.29, 1.82) is 0 Å². The van der Waals surface area contributed by atoms with Crippen molar-refractivity contribution in [3.8, 4) is 0 Å². The second kappa shape index (κ2) is 10.3. The third-order valence-electron chi connectivity index (χ3n) is 2.70. The summed E-state index contributed by atoms with van der Waals surface area (Å²) in [7, 11) is 0. The highest BCUT2D eigenvalue weighted by atomic mass is 35.5. The van der Waals surface area contributed by atoms with Gasteiger partial charge in [-0.2, -0.15) is 11.8 Å². The fraction of sp³-hybridized carbons (Fsp3) is 0.833. The van der Waals surface area contributed by atoms with Crippen LogP contribution < -0.4 is 16.0 Å². The number of hydrogen-bond acceptors (Lipinski definition) is 4. The SMILES string of the molecule is CC(C)C(=O)NCCNC(=O)CC1CSCCN1.Cl. The zero-order valence-corrected chi connectivity index (χ0v) is 13.2. The summed E-state index contributed by atoms with van der Waals surface area (Å²) in [5, 5.41) is 8.91. The van der Waals surface area contributed by atoms with Crippen LogP contribution in [0.1, 0.15) is 20.3 Å². The Morgan fingerprint density at radius 2 is 2.00 bits per heavy atom. The summed E-state index contributed by atoms with van der Waals surface area (Å²) < 4.78 is 0. The molecule has 1 heterocycles. The smallest absolute Gasteiger partial charge is 0.222 e. The fourth-order valence-corrected chi connectivity index (χ4v) is 2.59. The van der Waals surface area contributed by atoms with E-state index in [4.69, 9.17) is 0 Å². The van der Waals surface area contributed by atoms with Crippen LogP contribution in [0.5, 0.6) is 0 Å². The molecule has 1 unspecified atom stereocenters. The lowest BCUT2D eigenvalue weighted by molar-refractivity contribution is -0.124. The van der Waals surface area contributed by atoms with Crippen LogP contribution in [0.25, 0.3) is 0 Å². The molecule has 3 N–H and O–H groups in total. The van der Waals surface area contributed by atoms with E-state index in [-0.39, 0.29) is 36.2 Å². The van der Waals surface area contributed by atoms with Crippen molar-refractivity contribution in [3.05, 3.63) is 0 Å². The second-order valence-corrected chi connectivity index (χ2v) is 5.88. The maximum atomic E-state index is 11.6. The minimum absolute atomic E-state index is 0. The number of rotatable bonds is 6. The van der Waals surface area contributed by atoms with Gasteiger partial charge in [0.15, 0.2) is 0 Å². The van der Waals surface area contributed by atoms with Gasteiger partial charge in [-0.3, -0.25) is 9.59 Å². The van der Waals surface area contributed by atoms with E-state index in [1.807, 2.05) is 25.6 Å². The quantitative estimate of drug-likeness (QED) is 0.621. The number of nitrogens with one attached hydrogen (secondary N) is 3. The number of amides is 2. The van der Waals surface area contributed by atoms with E-state index in [9.17, 15) is 9.59 Å². The first-order valence-electron chi connectivity index (χ1n) is 6.45. The van der Waals surface area contributed by atoms with E-state index in [0.29, 0.717) is 19.5 Å². The van der Waals surface area contributed by atoms with Crippen LogP contribution in [0, 0.1) is 5.92 Å². The molecule has 1 fully saturated rings. The van der Waals surface area contributed by atoms with Crippen LogP contribution in [0.4, 0.5) is 0 Å². The first-order chi connectivity index (χ1) is 8.59. The Morgan fingerprint density at radius 1 is 1.32 bits per heavy atom. The topological polar surface area (TPSA) is 70.2 Å². The molecule has 0 spiro atoms. The average Bonchev–Trinajstić information content (AvgIpc) is 2.35. The van der Waals surface area contributed by atoms with Crippen LogP contribution in [0.3, 0.4) is 0 Å². The maximum Gasteiger partial charge on any atom is 0.222 e. The third kappa shape index (κ3) is 8.34. The molecule has 0 aromatic heterocycles. The van der Waals surface area contributed by atoms with Gasteiger partial charge in [0, 0.05) is 49.5 Å². The molecular formula is C12H24ClN3O2S. The summed E-state index contributed by atoms with van der Waals surface area (Å²) in [5.41, 5.74) is 0. The van der Waals surface area contributed by atoms with Crippen molar-refractivity contribution < 1.29 is 9.59 Å². The highest BCUT2D eigenvalue weighted by Gasteiger charge is 2.16. The van der Waals surface area contributed by atoms with E-state index in [1.54, 1.807) is 0 Å². The Kier molecular flexibility index (Phi) is 10.1.